The van der Waals surface area contributed by atoms with Gasteiger partial charge in [-0.1, -0.05) is 0 Å². The van der Waals surface area contributed by atoms with Crippen molar-refractivity contribution in [1.29, 1.82) is 0 Å². The number of anilines is 1. The zero-order valence-electron chi connectivity index (χ0n) is 13.7. The zero-order valence-corrected chi connectivity index (χ0v) is 13.7. The van der Waals surface area contributed by atoms with Crippen LogP contribution in [0, 0.1) is 5.82 Å². The predicted molar refractivity (Wildman–Crippen MR) is 87.2 cm³/mol. The molecule has 2 rings (SSSR count). The van der Waals surface area contributed by atoms with E-state index in [1.165, 1.54) is 18.2 Å². The summed E-state index contributed by atoms with van der Waals surface area (Å²) < 4.78 is 19.1. The monoisotopic (exact) mass is 324 g/mol. The number of aliphatic hydroxyl groups excluding tert-OH is 1. The molecule has 1 aliphatic carbocycles. The molecule has 5 nitrogen and oxygen atoms in total. The molecule has 0 unspecified atom stereocenters. The third-order valence-electron chi connectivity index (χ3n) is 3.60. The van der Waals surface area contributed by atoms with Gasteiger partial charge in [0.05, 0.1) is 11.8 Å². The maximum Gasteiger partial charge on any atom is 0.322 e. The second-order valence-electron chi connectivity index (χ2n) is 6.09. The van der Waals surface area contributed by atoms with E-state index >= 15 is 0 Å². The number of benzene rings is 1. The van der Waals surface area contributed by atoms with E-state index in [-0.39, 0.29) is 24.8 Å². The van der Waals surface area contributed by atoms with Crippen molar-refractivity contribution in [3.05, 3.63) is 24.0 Å². The molecule has 0 bridgehead atoms. The Morgan fingerprint density at radius 2 is 2.17 bits per heavy atom. The van der Waals surface area contributed by atoms with Gasteiger partial charge in [0.1, 0.15) is 11.6 Å². The Morgan fingerprint density at radius 3 is 2.78 bits per heavy atom. The molecule has 128 valence electrons. The summed E-state index contributed by atoms with van der Waals surface area (Å²) in [7, 11) is 0. The maximum atomic E-state index is 13.5. The fourth-order valence-corrected chi connectivity index (χ4v) is 2.37. The highest BCUT2D eigenvalue weighted by molar-refractivity contribution is 5.91. The number of hydrogen-bond acceptors (Lipinski definition) is 3. The van der Waals surface area contributed by atoms with Gasteiger partial charge in [-0.15, -0.1) is 0 Å². The molecule has 0 aromatic heterocycles. The van der Waals surface area contributed by atoms with E-state index in [0.29, 0.717) is 24.4 Å². The number of aliphatic hydroxyl groups is 1. The summed E-state index contributed by atoms with van der Waals surface area (Å²) in [4.78, 5) is 14.3. The largest absolute Gasteiger partial charge is 0.489 e. The summed E-state index contributed by atoms with van der Waals surface area (Å²) in [6.07, 6.45) is 3.33. The van der Waals surface area contributed by atoms with Crippen molar-refractivity contribution >= 4 is 11.7 Å². The minimum atomic E-state index is -0.422. The summed E-state index contributed by atoms with van der Waals surface area (Å²) >= 11 is 0. The first kappa shape index (κ1) is 17.5. The third-order valence-corrected chi connectivity index (χ3v) is 3.60. The lowest BCUT2D eigenvalue weighted by molar-refractivity contribution is 0.203. The smallest absolute Gasteiger partial charge is 0.322 e. The van der Waals surface area contributed by atoms with Gasteiger partial charge in [-0.05, 0) is 51.7 Å². The van der Waals surface area contributed by atoms with Crippen LogP contribution in [0.1, 0.15) is 39.5 Å². The molecule has 0 spiro atoms. The first-order valence-corrected chi connectivity index (χ1v) is 8.16. The SMILES string of the molecule is CC(C)Oc1ccc(F)cc1NC(=O)N(CCCCO)C1CC1. The van der Waals surface area contributed by atoms with Crippen LogP contribution in [0.5, 0.6) is 5.75 Å². The van der Waals surface area contributed by atoms with Crippen LogP contribution >= 0.6 is 0 Å². The average Bonchev–Trinajstić information content (AvgIpc) is 3.30. The summed E-state index contributed by atoms with van der Waals surface area (Å²) in [6, 6.07) is 4.11. The first-order chi connectivity index (χ1) is 11.0. The Kier molecular flexibility index (Phi) is 6.21. The molecule has 23 heavy (non-hydrogen) atoms. The van der Waals surface area contributed by atoms with Gasteiger partial charge in [0.15, 0.2) is 0 Å². The number of carbonyl (C=O) groups excluding carboxylic acids is 1. The number of urea groups is 1. The van der Waals surface area contributed by atoms with Gasteiger partial charge in [-0.2, -0.15) is 0 Å². The second kappa shape index (κ2) is 8.15. The van der Waals surface area contributed by atoms with Gasteiger partial charge >= 0.3 is 6.03 Å². The van der Waals surface area contributed by atoms with Crippen molar-refractivity contribution in [2.24, 2.45) is 0 Å². The van der Waals surface area contributed by atoms with Crippen molar-refractivity contribution < 1.29 is 19.0 Å². The standard InChI is InChI=1S/C17H25FN2O3/c1-12(2)23-16-8-5-13(18)11-15(16)19-17(22)20(14-6-7-14)9-3-4-10-21/h5,8,11-12,14,21H,3-4,6-7,9-10H2,1-2H3,(H,19,22). The number of carbonyl (C=O) groups is 1. The molecule has 0 heterocycles. The van der Waals surface area contributed by atoms with Gasteiger partial charge in [0, 0.05) is 25.3 Å². The van der Waals surface area contributed by atoms with E-state index in [9.17, 15) is 9.18 Å². The molecule has 0 aliphatic heterocycles. The highest BCUT2D eigenvalue weighted by atomic mass is 19.1. The van der Waals surface area contributed by atoms with Crippen LogP contribution in [0.4, 0.5) is 14.9 Å². The predicted octanol–water partition coefficient (Wildman–Crippen LogP) is 3.38. The van der Waals surface area contributed by atoms with Gasteiger partial charge in [0.2, 0.25) is 0 Å². The molecule has 1 fully saturated rings. The highest BCUT2D eigenvalue weighted by Crippen LogP contribution is 2.30. The Labute approximate surface area is 136 Å². The quantitative estimate of drug-likeness (QED) is 0.721. The Morgan fingerprint density at radius 1 is 1.43 bits per heavy atom. The van der Waals surface area contributed by atoms with Crippen molar-refractivity contribution in [3.8, 4) is 5.75 Å². The summed E-state index contributed by atoms with van der Waals surface area (Å²) in [5, 5.41) is 11.6. The Balaban J connectivity index is 2.06. The van der Waals surface area contributed by atoms with Crippen molar-refractivity contribution in [2.75, 3.05) is 18.5 Å². The number of amides is 2. The number of ether oxygens (including phenoxy) is 1. The number of nitrogens with zero attached hydrogens (tertiary/aromatic N) is 1. The lowest BCUT2D eigenvalue weighted by Gasteiger charge is -2.24. The molecule has 0 atom stereocenters. The van der Waals surface area contributed by atoms with Crippen LogP contribution < -0.4 is 10.1 Å². The topological polar surface area (TPSA) is 61.8 Å². The Hall–Kier alpha value is -1.82. The third kappa shape index (κ3) is 5.39. The average molecular weight is 324 g/mol. The first-order valence-electron chi connectivity index (χ1n) is 8.16. The van der Waals surface area contributed by atoms with Gasteiger partial charge in [0.25, 0.3) is 0 Å². The maximum absolute atomic E-state index is 13.5. The molecule has 2 amide bonds. The van der Waals surface area contributed by atoms with Crippen molar-refractivity contribution in [2.45, 2.75) is 51.7 Å². The molecule has 6 heteroatoms. The zero-order chi connectivity index (χ0) is 16.8. The van der Waals surface area contributed by atoms with E-state index in [1.54, 1.807) is 4.90 Å². The fraction of sp³-hybridized carbons (Fsp3) is 0.588. The number of hydrogen-bond donors (Lipinski definition) is 2. The fourth-order valence-electron chi connectivity index (χ4n) is 2.37. The molecule has 1 aliphatic rings. The van der Waals surface area contributed by atoms with Crippen LogP contribution in [0.2, 0.25) is 0 Å². The molecule has 1 saturated carbocycles. The van der Waals surface area contributed by atoms with Crippen molar-refractivity contribution in [1.82, 2.24) is 4.90 Å². The molecule has 2 N–H and O–H groups in total. The van der Waals surface area contributed by atoms with Crippen LogP contribution in [0.3, 0.4) is 0 Å². The van der Waals surface area contributed by atoms with Crippen LogP contribution in [0.15, 0.2) is 18.2 Å². The normalized spacial score (nSPS) is 14.0. The van der Waals surface area contributed by atoms with Crippen LogP contribution in [-0.4, -0.2) is 41.3 Å². The van der Waals surface area contributed by atoms with E-state index in [2.05, 4.69) is 5.32 Å². The highest BCUT2D eigenvalue weighted by Gasteiger charge is 2.32. The van der Waals surface area contributed by atoms with Crippen molar-refractivity contribution in [3.63, 3.8) is 0 Å². The molecule has 1 aromatic rings. The van der Waals surface area contributed by atoms with Gasteiger partial charge in [-0.25, -0.2) is 9.18 Å². The van der Waals surface area contributed by atoms with Crippen LogP contribution in [0.25, 0.3) is 0 Å². The Bertz CT molecular complexity index is 533. The molecule has 0 saturated heterocycles. The number of unbranched alkanes of at least 4 members (excludes halogenated alkanes) is 1. The molecule has 0 radical (unpaired) electrons. The molecular weight excluding hydrogens is 299 g/mol. The number of rotatable bonds is 8. The van der Waals surface area contributed by atoms with E-state index in [0.717, 1.165) is 19.3 Å². The van der Waals surface area contributed by atoms with Gasteiger partial charge in [-0.3, -0.25) is 0 Å². The summed E-state index contributed by atoms with van der Waals surface area (Å²) in [5.41, 5.74) is 0.344. The van der Waals surface area contributed by atoms with Crippen LogP contribution in [-0.2, 0) is 0 Å². The second-order valence-corrected chi connectivity index (χ2v) is 6.09. The number of nitrogens with one attached hydrogen (secondary N) is 1. The lowest BCUT2D eigenvalue weighted by atomic mass is 10.2. The number of halogens is 1. The minimum Gasteiger partial charge on any atom is -0.489 e. The summed E-state index contributed by atoms with van der Waals surface area (Å²) in [6.45, 7) is 4.46. The molecule has 1 aromatic carbocycles. The lowest BCUT2D eigenvalue weighted by Crippen LogP contribution is -2.37. The van der Waals surface area contributed by atoms with E-state index < -0.39 is 5.82 Å². The minimum absolute atomic E-state index is 0.0693. The molecular formula is C17H25FN2O3. The van der Waals surface area contributed by atoms with E-state index in [4.69, 9.17) is 9.84 Å². The van der Waals surface area contributed by atoms with E-state index in [1.807, 2.05) is 13.8 Å². The summed E-state index contributed by atoms with van der Waals surface area (Å²) in [5.74, 6) is 0.0375. The van der Waals surface area contributed by atoms with Gasteiger partial charge < -0.3 is 20.1 Å².